The highest BCUT2D eigenvalue weighted by Gasteiger charge is 2.13. The second-order valence-corrected chi connectivity index (χ2v) is 6.88. The van der Waals surface area contributed by atoms with Crippen LogP contribution in [0.3, 0.4) is 0 Å². The minimum absolute atomic E-state index is 0.275. The minimum Gasteiger partial charge on any atom is -0.313 e. The molecule has 1 atom stereocenters. The summed E-state index contributed by atoms with van der Waals surface area (Å²) in [4.78, 5) is 17.4. The highest BCUT2D eigenvalue weighted by molar-refractivity contribution is 7.84. The van der Waals surface area contributed by atoms with Gasteiger partial charge in [-0.1, -0.05) is 11.6 Å². The van der Waals surface area contributed by atoms with Crippen LogP contribution in [0.2, 0.25) is 5.02 Å². The van der Waals surface area contributed by atoms with Crippen molar-refractivity contribution in [1.82, 2.24) is 9.55 Å². The lowest BCUT2D eigenvalue weighted by Crippen LogP contribution is -2.15. The number of halogens is 1. The fourth-order valence-electron chi connectivity index (χ4n) is 2.26. The van der Waals surface area contributed by atoms with Gasteiger partial charge in [0, 0.05) is 39.6 Å². The first-order valence-corrected chi connectivity index (χ1v) is 8.76. The van der Waals surface area contributed by atoms with Gasteiger partial charge in [-0.05, 0) is 42.5 Å². The molecule has 2 aromatic carbocycles. The van der Waals surface area contributed by atoms with Crippen molar-refractivity contribution in [3.8, 4) is 0 Å². The first-order valence-electron chi connectivity index (χ1n) is 6.82. The predicted molar refractivity (Wildman–Crippen MR) is 92.5 cm³/mol. The molecule has 0 aliphatic heterocycles. The van der Waals surface area contributed by atoms with Gasteiger partial charge in [0.1, 0.15) is 0 Å². The number of carbonyl (C=O) groups excluding carboxylic acids is 1. The molecule has 23 heavy (non-hydrogen) atoms. The summed E-state index contributed by atoms with van der Waals surface area (Å²) in [7, 11) is 0.756. The van der Waals surface area contributed by atoms with Crippen molar-refractivity contribution in [3.63, 3.8) is 0 Å². The van der Waals surface area contributed by atoms with E-state index in [0.717, 1.165) is 5.52 Å². The van der Waals surface area contributed by atoms with Crippen LogP contribution in [0.15, 0.2) is 47.4 Å². The van der Waals surface area contributed by atoms with Gasteiger partial charge in [-0.2, -0.15) is 0 Å². The summed E-state index contributed by atoms with van der Waals surface area (Å²) in [5, 5.41) is 3.37. The fourth-order valence-corrected chi connectivity index (χ4v) is 2.94. The molecule has 0 bridgehead atoms. The average molecular weight is 348 g/mol. The van der Waals surface area contributed by atoms with Gasteiger partial charge in [0.2, 0.25) is 5.95 Å². The zero-order valence-electron chi connectivity index (χ0n) is 12.5. The van der Waals surface area contributed by atoms with Gasteiger partial charge in [0.05, 0.1) is 11.0 Å². The van der Waals surface area contributed by atoms with Crippen LogP contribution in [0.1, 0.15) is 10.4 Å². The summed E-state index contributed by atoms with van der Waals surface area (Å²) >= 11 is 5.96. The van der Waals surface area contributed by atoms with Gasteiger partial charge < -0.3 is 4.57 Å². The number of fused-ring (bicyclic) bond motifs is 1. The van der Waals surface area contributed by atoms with E-state index < -0.39 is 10.8 Å². The number of anilines is 1. The fraction of sp³-hybridized carbons (Fsp3) is 0.125. The summed E-state index contributed by atoms with van der Waals surface area (Å²) in [5.74, 6) is 0.165. The summed E-state index contributed by atoms with van der Waals surface area (Å²) in [6.07, 6.45) is 1.60. The molecule has 1 N–H and O–H groups in total. The van der Waals surface area contributed by atoms with Crippen molar-refractivity contribution < 1.29 is 9.00 Å². The van der Waals surface area contributed by atoms with Gasteiger partial charge in [-0.15, -0.1) is 0 Å². The maximum absolute atomic E-state index is 12.3. The molecule has 0 unspecified atom stereocenters. The third kappa shape index (κ3) is 3.13. The standard InChI is InChI=1S/C16H14ClN3O2S/c1-20-14-8-5-11(17)9-13(14)18-16(20)19-15(21)10-3-6-12(7-4-10)23(2)22/h3-9H,1-2H3,(H,18,19,21)/t23-/m1/s1. The van der Waals surface area contributed by atoms with E-state index >= 15 is 0 Å². The zero-order chi connectivity index (χ0) is 16.6. The SMILES string of the molecule is Cn1c(NC(=O)c2ccc([S@@](C)=O)cc2)nc2cc(Cl)ccc21. The van der Waals surface area contributed by atoms with Crippen LogP contribution < -0.4 is 5.32 Å². The number of hydrogen-bond acceptors (Lipinski definition) is 3. The smallest absolute Gasteiger partial charge is 0.257 e. The molecular weight excluding hydrogens is 334 g/mol. The number of hydrogen-bond donors (Lipinski definition) is 1. The topological polar surface area (TPSA) is 64.0 Å². The molecule has 0 spiro atoms. The summed E-state index contributed by atoms with van der Waals surface area (Å²) in [6.45, 7) is 0. The zero-order valence-corrected chi connectivity index (χ0v) is 14.1. The van der Waals surface area contributed by atoms with Gasteiger partial charge in [-0.3, -0.25) is 14.3 Å². The molecule has 5 nitrogen and oxygen atoms in total. The third-order valence-corrected chi connectivity index (χ3v) is 4.69. The first-order chi connectivity index (χ1) is 11.0. The molecule has 0 aliphatic carbocycles. The molecule has 0 saturated carbocycles. The molecule has 118 valence electrons. The van der Waals surface area contributed by atoms with Gasteiger partial charge >= 0.3 is 0 Å². The molecule has 1 heterocycles. The maximum atomic E-state index is 12.3. The van der Waals surface area contributed by atoms with Crippen LogP contribution in [-0.2, 0) is 17.8 Å². The lowest BCUT2D eigenvalue weighted by atomic mass is 10.2. The Labute approximate surface area is 140 Å². The molecule has 0 saturated heterocycles. The van der Waals surface area contributed by atoms with Crippen LogP contribution >= 0.6 is 11.6 Å². The van der Waals surface area contributed by atoms with E-state index in [0.29, 0.717) is 26.9 Å². The lowest BCUT2D eigenvalue weighted by molar-refractivity contribution is 0.102. The summed E-state index contributed by atoms with van der Waals surface area (Å²) in [6, 6.07) is 12.0. The highest BCUT2D eigenvalue weighted by Crippen LogP contribution is 2.22. The van der Waals surface area contributed by atoms with E-state index in [2.05, 4.69) is 10.3 Å². The Hall–Kier alpha value is -2.18. The molecule has 0 radical (unpaired) electrons. The van der Waals surface area contributed by atoms with E-state index in [9.17, 15) is 9.00 Å². The van der Waals surface area contributed by atoms with E-state index in [1.807, 2.05) is 13.1 Å². The van der Waals surface area contributed by atoms with Crippen molar-refractivity contribution in [2.75, 3.05) is 11.6 Å². The number of amides is 1. The number of aryl methyl sites for hydroxylation is 1. The van der Waals surface area contributed by atoms with Crippen LogP contribution in [0, 0.1) is 0 Å². The normalized spacial score (nSPS) is 12.3. The first kappa shape index (κ1) is 15.7. The van der Waals surface area contributed by atoms with Crippen LogP contribution in [0.25, 0.3) is 11.0 Å². The van der Waals surface area contributed by atoms with E-state index in [4.69, 9.17) is 11.6 Å². The lowest BCUT2D eigenvalue weighted by Gasteiger charge is -2.05. The number of carbonyl (C=O) groups is 1. The highest BCUT2D eigenvalue weighted by atomic mass is 35.5. The molecule has 7 heteroatoms. The molecule has 1 aromatic heterocycles. The Balaban J connectivity index is 1.87. The molecule has 0 fully saturated rings. The van der Waals surface area contributed by atoms with E-state index in [1.165, 1.54) is 0 Å². The number of nitrogens with zero attached hydrogens (tertiary/aromatic N) is 2. The Morgan fingerprint density at radius 3 is 2.57 bits per heavy atom. The predicted octanol–water partition coefficient (Wildman–Crippen LogP) is 3.22. The molecule has 3 aromatic rings. The van der Waals surface area contributed by atoms with Gasteiger partial charge in [0.25, 0.3) is 5.91 Å². The molecular formula is C16H14ClN3O2S. The van der Waals surface area contributed by atoms with Crippen molar-refractivity contribution >= 4 is 45.3 Å². The third-order valence-electron chi connectivity index (χ3n) is 3.52. The number of benzene rings is 2. The van der Waals surface area contributed by atoms with Crippen LogP contribution in [0.4, 0.5) is 5.95 Å². The number of imidazole rings is 1. The molecule has 1 amide bonds. The van der Waals surface area contributed by atoms with Gasteiger partial charge in [-0.25, -0.2) is 4.98 Å². The van der Waals surface area contributed by atoms with E-state index in [-0.39, 0.29) is 5.91 Å². The molecule has 0 aliphatic rings. The monoisotopic (exact) mass is 347 g/mol. The van der Waals surface area contributed by atoms with E-state index in [1.54, 1.807) is 47.2 Å². The van der Waals surface area contributed by atoms with Gasteiger partial charge in [0.15, 0.2) is 0 Å². The second-order valence-electron chi connectivity index (χ2n) is 5.06. The van der Waals surface area contributed by atoms with Crippen LogP contribution in [0.5, 0.6) is 0 Å². The van der Waals surface area contributed by atoms with Crippen molar-refractivity contribution in [1.29, 1.82) is 0 Å². The summed E-state index contributed by atoms with van der Waals surface area (Å²) < 4.78 is 13.2. The Bertz CT molecular complexity index is 919. The number of nitrogens with one attached hydrogen (secondary N) is 1. The van der Waals surface area contributed by atoms with Crippen LogP contribution in [-0.4, -0.2) is 25.9 Å². The quantitative estimate of drug-likeness (QED) is 0.791. The summed E-state index contributed by atoms with van der Waals surface area (Å²) in [5.41, 5.74) is 2.07. The van der Waals surface area contributed by atoms with Crippen molar-refractivity contribution in [3.05, 3.63) is 53.1 Å². The Morgan fingerprint density at radius 2 is 1.91 bits per heavy atom. The number of rotatable bonds is 3. The Morgan fingerprint density at radius 1 is 1.22 bits per heavy atom. The average Bonchev–Trinajstić information content (AvgIpc) is 2.82. The minimum atomic E-state index is -1.07. The second kappa shape index (κ2) is 6.14. The molecule has 3 rings (SSSR count). The van der Waals surface area contributed by atoms with Crippen molar-refractivity contribution in [2.45, 2.75) is 4.90 Å². The van der Waals surface area contributed by atoms with Crippen molar-refractivity contribution in [2.24, 2.45) is 7.05 Å². The number of aromatic nitrogens is 2. The Kier molecular flexibility index (Phi) is 4.19. The maximum Gasteiger partial charge on any atom is 0.257 e. The largest absolute Gasteiger partial charge is 0.313 e.